The fourth-order valence-corrected chi connectivity index (χ4v) is 1.98. The molecule has 0 unspecified atom stereocenters. The molecule has 0 fully saturated rings. The van der Waals surface area contributed by atoms with Gasteiger partial charge in [0, 0.05) is 18.7 Å². The molecule has 0 aliphatic carbocycles. The van der Waals surface area contributed by atoms with E-state index < -0.39 is 0 Å². The molecule has 0 amide bonds. The third-order valence-corrected chi connectivity index (χ3v) is 2.97. The Bertz CT molecular complexity index is 552. The van der Waals surface area contributed by atoms with Crippen LogP contribution in [0.5, 0.6) is 0 Å². The van der Waals surface area contributed by atoms with Gasteiger partial charge in [0.15, 0.2) is 0 Å². The van der Waals surface area contributed by atoms with Crippen molar-refractivity contribution in [2.75, 3.05) is 17.2 Å². The summed E-state index contributed by atoms with van der Waals surface area (Å²) in [5.74, 6) is 1.77. The molecule has 2 rings (SSSR count). The third-order valence-electron chi connectivity index (χ3n) is 2.97. The van der Waals surface area contributed by atoms with Gasteiger partial charge in [-0.2, -0.15) is 0 Å². The molecule has 1 aromatic carbocycles. The van der Waals surface area contributed by atoms with Gasteiger partial charge in [0.1, 0.15) is 18.0 Å². The van der Waals surface area contributed by atoms with Crippen LogP contribution in [0.1, 0.15) is 23.6 Å². The van der Waals surface area contributed by atoms with Crippen molar-refractivity contribution in [2.45, 2.75) is 27.3 Å². The molecule has 0 saturated carbocycles. The molecule has 0 aliphatic heterocycles. The van der Waals surface area contributed by atoms with Gasteiger partial charge in [-0.25, -0.2) is 9.97 Å². The van der Waals surface area contributed by atoms with E-state index in [1.165, 1.54) is 11.1 Å². The summed E-state index contributed by atoms with van der Waals surface area (Å²) in [5, 5.41) is 6.60. The Hall–Kier alpha value is -2.10. The Labute approximate surface area is 114 Å². The molecule has 4 heteroatoms. The summed E-state index contributed by atoms with van der Waals surface area (Å²) < 4.78 is 0. The molecule has 0 atom stereocenters. The second-order valence-electron chi connectivity index (χ2n) is 4.57. The van der Waals surface area contributed by atoms with Gasteiger partial charge >= 0.3 is 0 Å². The number of benzene rings is 1. The molecule has 0 spiro atoms. The number of hydrogen-bond acceptors (Lipinski definition) is 4. The lowest BCUT2D eigenvalue weighted by Crippen LogP contribution is -2.08. The maximum absolute atomic E-state index is 4.30. The third kappa shape index (κ3) is 3.44. The Morgan fingerprint density at radius 2 is 1.79 bits per heavy atom. The van der Waals surface area contributed by atoms with Crippen LogP contribution in [0.15, 0.2) is 30.6 Å². The number of aryl methyl sites for hydroxylation is 1. The van der Waals surface area contributed by atoms with Crippen LogP contribution in [0, 0.1) is 13.8 Å². The van der Waals surface area contributed by atoms with Gasteiger partial charge in [-0.1, -0.05) is 29.8 Å². The minimum absolute atomic E-state index is 0.769. The van der Waals surface area contributed by atoms with Gasteiger partial charge in [0.25, 0.3) is 0 Å². The van der Waals surface area contributed by atoms with Crippen LogP contribution in [0.25, 0.3) is 0 Å². The zero-order chi connectivity index (χ0) is 13.7. The predicted molar refractivity (Wildman–Crippen MR) is 79.4 cm³/mol. The van der Waals surface area contributed by atoms with E-state index in [1.807, 2.05) is 6.92 Å². The van der Waals surface area contributed by atoms with E-state index in [0.29, 0.717) is 0 Å². The Kier molecular flexibility index (Phi) is 4.34. The molecule has 1 heterocycles. The van der Waals surface area contributed by atoms with Gasteiger partial charge in [-0.3, -0.25) is 0 Å². The first kappa shape index (κ1) is 13.3. The van der Waals surface area contributed by atoms with Crippen LogP contribution in [-0.4, -0.2) is 16.5 Å². The normalized spacial score (nSPS) is 10.3. The number of nitrogens with one attached hydrogen (secondary N) is 2. The number of nitrogens with zero attached hydrogens (tertiary/aromatic N) is 2. The van der Waals surface area contributed by atoms with E-state index >= 15 is 0 Å². The first-order valence-corrected chi connectivity index (χ1v) is 6.55. The molecule has 1 aromatic heterocycles. The standard InChI is InChI=1S/C15H20N4/c1-4-16-14-12(3)15(19-10-18-14)17-9-13-7-5-6-11(2)8-13/h5-8,10H,4,9H2,1-3H3,(H2,16,17,18,19). The first-order chi connectivity index (χ1) is 9.20. The van der Waals surface area contributed by atoms with Crippen molar-refractivity contribution < 1.29 is 0 Å². The molecule has 2 aromatic rings. The van der Waals surface area contributed by atoms with Gasteiger partial charge in [-0.05, 0) is 26.3 Å². The SMILES string of the molecule is CCNc1ncnc(NCc2cccc(C)c2)c1C. The van der Waals surface area contributed by atoms with E-state index in [4.69, 9.17) is 0 Å². The molecular weight excluding hydrogens is 236 g/mol. The predicted octanol–water partition coefficient (Wildman–Crippen LogP) is 3.14. The van der Waals surface area contributed by atoms with Crippen LogP contribution in [0.3, 0.4) is 0 Å². The number of rotatable bonds is 5. The zero-order valence-corrected chi connectivity index (χ0v) is 11.7. The molecule has 100 valence electrons. The van der Waals surface area contributed by atoms with Crippen molar-refractivity contribution in [1.29, 1.82) is 0 Å². The van der Waals surface area contributed by atoms with Gasteiger partial charge in [0.05, 0.1) is 0 Å². The smallest absolute Gasteiger partial charge is 0.134 e. The topological polar surface area (TPSA) is 49.8 Å². The van der Waals surface area contributed by atoms with Crippen molar-refractivity contribution in [3.05, 3.63) is 47.3 Å². The van der Waals surface area contributed by atoms with Gasteiger partial charge in [0.2, 0.25) is 0 Å². The van der Waals surface area contributed by atoms with Gasteiger partial charge < -0.3 is 10.6 Å². The van der Waals surface area contributed by atoms with E-state index in [2.05, 4.69) is 58.7 Å². The minimum Gasteiger partial charge on any atom is -0.370 e. The summed E-state index contributed by atoms with van der Waals surface area (Å²) >= 11 is 0. The molecule has 0 bridgehead atoms. The lowest BCUT2D eigenvalue weighted by atomic mass is 10.1. The van der Waals surface area contributed by atoms with E-state index in [0.717, 1.165) is 30.3 Å². The van der Waals surface area contributed by atoms with Crippen molar-refractivity contribution in [3.63, 3.8) is 0 Å². The molecule has 2 N–H and O–H groups in total. The highest BCUT2D eigenvalue weighted by atomic mass is 15.1. The maximum Gasteiger partial charge on any atom is 0.134 e. The van der Waals surface area contributed by atoms with Crippen molar-refractivity contribution in [2.24, 2.45) is 0 Å². The molecule has 0 radical (unpaired) electrons. The molecule has 0 saturated heterocycles. The second-order valence-corrected chi connectivity index (χ2v) is 4.57. The second kappa shape index (κ2) is 6.18. The summed E-state index contributed by atoms with van der Waals surface area (Å²) in [6.45, 7) is 7.81. The highest BCUT2D eigenvalue weighted by Crippen LogP contribution is 2.18. The van der Waals surface area contributed by atoms with Gasteiger partial charge in [-0.15, -0.1) is 0 Å². The highest BCUT2D eigenvalue weighted by molar-refractivity contribution is 5.56. The summed E-state index contributed by atoms with van der Waals surface area (Å²) in [7, 11) is 0. The summed E-state index contributed by atoms with van der Waals surface area (Å²) in [4.78, 5) is 8.53. The highest BCUT2D eigenvalue weighted by Gasteiger charge is 2.05. The van der Waals surface area contributed by atoms with Crippen LogP contribution in [0.2, 0.25) is 0 Å². The van der Waals surface area contributed by atoms with E-state index in [9.17, 15) is 0 Å². The lowest BCUT2D eigenvalue weighted by Gasteiger charge is -2.12. The fourth-order valence-electron chi connectivity index (χ4n) is 1.98. The van der Waals surface area contributed by atoms with Crippen LogP contribution in [-0.2, 0) is 6.54 Å². The van der Waals surface area contributed by atoms with Crippen molar-refractivity contribution in [1.82, 2.24) is 9.97 Å². The fraction of sp³-hybridized carbons (Fsp3) is 0.333. The summed E-state index contributed by atoms with van der Waals surface area (Å²) in [6, 6.07) is 8.46. The van der Waals surface area contributed by atoms with E-state index in [-0.39, 0.29) is 0 Å². The van der Waals surface area contributed by atoms with Crippen LogP contribution < -0.4 is 10.6 Å². The quantitative estimate of drug-likeness (QED) is 0.863. The summed E-state index contributed by atoms with van der Waals surface area (Å²) in [6.07, 6.45) is 1.59. The molecular formula is C15H20N4. The zero-order valence-electron chi connectivity index (χ0n) is 11.7. The minimum atomic E-state index is 0.769. The number of hydrogen-bond donors (Lipinski definition) is 2. The summed E-state index contributed by atoms with van der Waals surface area (Å²) in [5.41, 5.74) is 3.58. The molecule has 0 aliphatic rings. The average molecular weight is 256 g/mol. The Morgan fingerprint density at radius 3 is 2.47 bits per heavy atom. The largest absolute Gasteiger partial charge is 0.370 e. The Balaban J connectivity index is 2.09. The Morgan fingerprint density at radius 1 is 1.05 bits per heavy atom. The van der Waals surface area contributed by atoms with Crippen LogP contribution >= 0.6 is 0 Å². The van der Waals surface area contributed by atoms with Crippen molar-refractivity contribution in [3.8, 4) is 0 Å². The first-order valence-electron chi connectivity index (χ1n) is 6.55. The van der Waals surface area contributed by atoms with Crippen molar-refractivity contribution >= 4 is 11.6 Å². The number of anilines is 2. The average Bonchev–Trinajstić information content (AvgIpc) is 2.40. The maximum atomic E-state index is 4.30. The monoisotopic (exact) mass is 256 g/mol. The number of aromatic nitrogens is 2. The van der Waals surface area contributed by atoms with E-state index in [1.54, 1.807) is 6.33 Å². The lowest BCUT2D eigenvalue weighted by molar-refractivity contribution is 1.04. The molecule has 19 heavy (non-hydrogen) atoms. The van der Waals surface area contributed by atoms with Crippen LogP contribution in [0.4, 0.5) is 11.6 Å². The molecule has 4 nitrogen and oxygen atoms in total.